The molecule has 3 rings (SSSR count). The molecular formula is C17H18N2O6S. The summed E-state index contributed by atoms with van der Waals surface area (Å²) in [6.45, 7) is 1.44. The number of ether oxygens (including phenoxy) is 1. The molecule has 0 aromatic heterocycles. The lowest BCUT2D eigenvalue weighted by atomic mass is 10.1. The number of ketones is 1. The Morgan fingerprint density at radius 3 is 2.46 bits per heavy atom. The number of sulfone groups is 1. The van der Waals surface area contributed by atoms with Gasteiger partial charge in [0.15, 0.2) is 15.6 Å². The summed E-state index contributed by atoms with van der Waals surface area (Å²) in [5.41, 5.74) is 0.573. The van der Waals surface area contributed by atoms with Gasteiger partial charge in [0.2, 0.25) is 5.91 Å². The van der Waals surface area contributed by atoms with Crippen LogP contribution in [0, 0.1) is 0 Å². The van der Waals surface area contributed by atoms with Crippen LogP contribution < -0.4 is 4.74 Å². The first-order chi connectivity index (χ1) is 12.2. The maximum Gasteiger partial charge on any atom is 0.359 e. The van der Waals surface area contributed by atoms with Gasteiger partial charge in [-0.2, -0.15) is 5.10 Å². The number of rotatable bonds is 4. The van der Waals surface area contributed by atoms with Gasteiger partial charge in [0.1, 0.15) is 11.5 Å². The molecule has 0 saturated carbocycles. The average Bonchev–Trinajstić information content (AvgIpc) is 2.95. The standard InChI is InChI=1S/C17H18N2O6S/c1-11(20)12-2-4-14(5-3-12)25-17(22)15-6-7-16(21)19(18-15)13-8-9-26(23,24)10-13/h2-5,13H,6-10H2,1H3/t13-/m0/s1. The van der Waals surface area contributed by atoms with E-state index < -0.39 is 21.8 Å². The molecule has 1 aromatic rings. The zero-order chi connectivity index (χ0) is 18.9. The first-order valence-corrected chi connectivity index (χ1v) is 10.0. The van der Waals surface area contributed by atoms with E-state index in [2.05, 4.69) is 5.10 Å². The molecule has 0 unspecified atom stereocenters. The molecule has 1 amide bonds. The fourth-order valence-electron chi connectivity index (χ4n) is 2.90. The summed E-state index contributed by atoms with van der Waals surface area (Å²) in [7, 11) is -3.17. The van der Waals surface area contributed by atoms with Gasteiger partial charge in [0.25, 0.3) is 0 Å². The van der Waals surface area contributed by atoms with E-state index in [1.807, 2.05) is 0 Å². The summed E-state index contributed by atoms with van der Waals surface area (Å²) < 4.78 is 28.5. The van der Waals surface area contributed by atoms with Crippen molar-refractivity contribution in [3.63, 3.8) is 0 Å². The lowest BCUT2D eigenvalue weighted by Gasteiger charge is -2.27. The van der Waals surface area contributed by atoms with Crippen LogP contribution in [0.3, 0.4) is 0 Å². The normalized spacial score (nSPS) is 22.0. The number of nitrogens with zero attached hydrogens (tertiary/aromatic N) is 2. The van der Waals surface area contributed by atoms with Gasteiger partial charge < -0.3 is 4.74 Å². The molecule has 138 valence electrons. The lowest BCUT2D eigenvalue weighted by molar-refractivity contribution is -0.134. The van der Waals surface area contributed by atoms with Gasteiger partial charge in [0, 0.05) is 18.4 Å². The second-order valence-electron chi connectivity index (χ2n) is 6.31. The van der Waals surface area contributed by atoms with E-state index >= 15 is 0 Å². The maximum atomic E-state index is 12.3. The van der Waals surface area contributed by atoms with Crippen LogP contribution >= 0.6 is 0 Å². The Kier molecular flexibility index (Phi) is 4.90. The molecule has 0 aliphatic carbocycles. The molecule has 1 atom stereocenters. The topological polar surface area (TPSA) is 110 Å². The minimum absolute atomic E-state index is 0.0131. The number of amides is 1. The van der Waals surface area contributed by atoms with Crippen molar-refractivity contribution >= 4 is 33.2 Å². The third-order valence-electron chi connectivity index (χ3n) is 4.32. The number of carbonyl (C=O) groups excluding carboxylic acids is 3. The van der Waals surface area contributed by atoms with Gasteiger partial charge in [0.05, 0.1) is 17.5 Å². The Hall–Kier alpha value is -2.55. The first-order valence-electron chi connectivity index (χ1n) is 8.18. The van der Waals surface area contributed by atoms with E-state index in [1.165, 1.54) is 19.1 Å². The Morgan fingerprint density at radius 1 is 1.19 bits per heavy atom. The van der Waals surface area contributed by atoms with Crippen LogP contribution in [-0.4, -0.2) is 54.3 Å². The molecule has 1 saturated heterocycles. The van der Waals surface area contributed by atoms with Gasteiger partial charge >= 0.3 is 5.97 Å². The summed E-state index contributed by atoms with van der Waals surface area (Å²) in [4.78, 5) is 35.6. The third kappa shape index (κ3) is 3.98. The van der Waals surface area contributed by atoms with Gasteiger partial charge in [-0.3, -0.25) is 9.59 Å². The predicted octanol–water partition coefficient (Wildman–Crippen LogP) is 0.960. The van der Waals surface area contributed by atoms with Crippen LogP contribution in [0.15, 0.2) is 29.4 Å². The molecule has 0 spiro atoms. The van der Waals surface area contributed by atoms with Crippen molar-refractivity contribution in [3.05, 3.63) is 29.8 Å². The van der Waals surface area contributed by atoms with Crippen LogP contribution in [0.4, 0.5) is 0 Å². The van der Waals surface area contributed by atoms with Crippen LogP contribution in [0.25, 0.3) is 0 Å². The quantitative estimate of drug-likeness (QED) is 0.438. The summed E-state index contributed by atoms with van der Waals surface area (Å²) in [5.74, 6) is -0.959. The molecule has 8 nitrogen and oxygen atoms in total. The zero-order valence-electron chi connectivity index (χ0n) is 14.2. The molecule has 1 fully saturated rings. The van der Waals surface area contributed by atoms with E-state index in [0.29, 0.717) is 12.0 Å². The number of hydrogen-bond acceptors (Lipinski definition) is 7. The number of hydrogen-bond donors (Lipinski definition) is 0. The van der Waals surface area contributed by atoms with E-state index in [9.17, 15) is 22.8 Å². The Labute approximate surface area is 150 Å². The van der Waals surface area contributed by atoms with Crippen molar-refractivity contribution in [2.75, 3.05) is 11.5 Å². The van der Waals surface area contributed by atoms with Gasteiger partial charge in [-0.05, 0) is 37.6 Å². The van der Waals surface area contributed by atoms with Crippen LogP contribution in [-0.2, 0) is 19.4 Å². The average molecular weight is 378 g/mol. The monoisotopic (exact) mass is 378 g/mol. The number of esters is 1. The zero-order valence-corrected chi connectivity index (χ0v) is 15.0. The highest BCUT2D eigenvalue weighted by Crippen LogP contribution is 2.23. The Morgan fingerprint density at radius 2 is 1.88 bits per heavy atom. The first kappa shape index (κ1) is 18.2. The van der Waals surface area contributed by atoms with E-state index in [0.717, 1.165) is 5.01 Å². The van der Waals surface area contributed by atoms with Crippen LogP contribution in [0.2, 0.25) is 0 Å². The third-order valence-corrected chi connectivity index (χ3v) is 6.07. The van der Waals surface area contributed by atoms with Crippen LogP contribution in [0.1, 0.15) is 36.5 Å². The van der Waals surface area contributed by atoms with Gasteiger partial charge in [-0.25, -0.2) is 18.2 Å². The van der Waals surface area contributed by atoms with E-state index in [4.69, 9.17) is 4.74 Å². The van der Waals surface area contributed by atoms with E-state index in [-0.39, 0.29) is 47.5 Å². The maximum absolute atomic E-state index is 12.3. The second kappa shape index (κ2) is 6.99. The molecule has 2 aliphatic heterocycles. The highest BCUT2D eigenvalue weighted by atomic mass is 32.2. The van der Waals surface area contributed by atoms with Gasteiger partial charge in [-0.1, -0.05) is 0 Å². The van der Waals surface area contributed by atoms with E-state index in [1.54, 1.807) is 12.1 Å². The van der Waals surface area contributed by atoms with Gasteiger partial charge in [-0.15, -0.1) is 0 Å². The molecule has 2 aliphatic rings. The molecule has 0 N–H and O–H groups in total. The van der Waals surface area contributed by atoms with Crippen molar-refractivity contribution in [1.29, 1.82) is 0 Å². The minimum Gasteiger partial charge on any atom is -0.422 e. The predicted molar refractivity (Wildman–Crippen MR) is 92.7 cm³/mol. The smallest absolute Gasteiger partial charge is 0.359 e. The highest BCUT2D eigenvalue weighted by molar-refractivity contribution is 7.91. The SMILES string of the molecule is CC(=O)c1ccc(OC(=O)C2=NN([C@H]3CCS(=O)(=O)C3)C(=O)CC2)cc1. The lowest BCUT2D eigenvalue weighted by Crippen LogP contribution is -2.42. The Balaban J connectivity index is 1.73. The number of carbonyl (C=O) groups is 3. The molecular weight excluding hydrogens is 360 g/mol. The number of Topliss-reactive ketones (excluding diaryl/α,β-unsaturated/α-hetero) is 1. The summed E-state index contributed by atoms with van der Waals surface area (Å²) in [6.07, 6.45) is 0.527. The van der Waals surface area contributed by atoms with Crippen molar-refractivity contribution in [1.82, 2.24) is 5.01 Å². The molecule has 1 aromatic carbocycles. The second-order valence-corrected chi connectivity index (χ2v) is 8.54. The minimum atomic E-state index is -3.17. The number of hydrazone groups is 1. The molecule has 26 heavy (non-hydrogen) atoms. The summed E-state index contributed by atoms with van der Waals surface area (Å²) >= 11 is 0. The Bertz CT molecular complexity index is 888. The fraction of sp³-hybridized carbons (Fsp3) is 0.412. The molecule has 0 radical (unpaired) electrons. The molecule has 2 heterocycles. The van der Waals surface area contributed by atoms with Crippen molar-refractivity contribution in [2.45, 2.75) is 32.2 Å². The number of benzene rings is 1. The van der Waals surface area contributed by atoms with Crippen molar-refractivity contribution in [2.24, 2.45) is 5.10 Å². The largest absolute Gasteiger partial charge is 0.422 e. The van der Waals surface area contributed by atoms with Crippen LogP contribution in [0.5, 0.6) is 5.75 Å². The van der Waals surface area contributed by atoms with Crippen molar-refractivity contribution in [3.8, 4) is 5.75 Å². The summed E-state index contributed by atoms with van der Waals surface area (Å²) in [6, 6.07) is 5.57. The molecule has 9 heteroatoms. The van der Waals surface area contributed by atoms with Crippen molar-refractivity contribution < 1.29 is 27.5 Å². The highest BCUT2D eigenvalue weighted by Gasteiger charge is 2.37. The molecule has 0 bridgehead atoms. The fourth-order valence-corrected chi connectivity index (χ4v) is 4.59. The summed E-state index contributed by atoms with van der Waals surface area (Å²) in [5, 5.41) is 5.17.